The highest BCUT2D eigenvalue weighted by Gasteiger charge is 2.24. The molecule has 0 aromatic heterocycles. The molecule has 16 heavy (non-hydrogen) atoms. The Morgan fingerprint density at radius 1 is 1.50 bits per heavy atom. The number of para-hydroxylation sites is 2. The molecule has 1 aromatic carbocycles. The maximum Gasteiger partial charge on any atom is 0.243 e. The maximum atomic E-state index is 11.8. The fourth-order valence-corrected chi connectivity index (χ4v) is 1.64. The van der Waals surface area contributed by atoms with Gasteiger partial charge in [-0.25, -0.2) is 0 Å². The quantitative estimate of drug-likeness (QED) is 0.805. The molecule has 1 aliphatic heterocycles. The van der Waals surface area contributed by atoms with Gasteiger partial charge in [0, 0.05) is 0 Å². The summed E-state index contributed by atoms with van der Waals surface area (Å²) in [6, 6.07) is 7.02. The van der Waals surface area contributed by atoms with Crippen LogP contribution in [0.3, 0.4) is 0 Å². The number of halogens is 1. The smallest absolute Gasteiger partial charge is 0.243 e. The zero-order chi connectivity index (χ0) is 10.8. The normalized spacial score (nSPS) is 15.5. The highest BCUT2D eigenvalue weighted by molar-refractivity contribution is 5.98. The Kier molecular flexibility index (Phi) is 4.15. The molecule has 0 saturated heterocycles. The highest BCUT2D eigenvalue weighted by atomic mass is 35.5. The zero-order valence-electron chi connectivity index (χ0n) is 9.05. The molecule has 1 unspecified atom stereocenters. The molecule has 1 aliphatic rings. The Morgan fingerprint density at radius 2 is 2.19 bits per heavy atom. The van der Waals surface area contributed by atoms with Crippen molar-refractivity contribution in [3.05, 3.63) is 24.3 Å². The second-order valence-corrected chi connectivity index (χ2v) is 3.59. The van der Waals surface area contributed by atoms with Gasteiger partial charge in [0.05, 0.1) is 18.3 Å². The van der Waals surface area contributed by atoms with Crippen LogP contribution in [0.5, 0.6) is 5.75 Å². The largest absolute Gasteiger partial charge is 0.490 e. The van der Waals surface area contributed by atoms with Crippen LogP contribution in [0.15, 0.2) is 24.3 Å². The highest BCUT2D eigenvalue weighted by Crippen LogP contribution is 2.30. The lowest BCUT2D eigenvalue weighted by atomic mass is 10.2. The number of hydrogen-bond acceptors (Lipinski definition) is 3. The van der Waals surface area contributed by atoms with Crippen molar-refractivity contribution in [2.45, 2.75) is 13.0 Å². The summed E-state index contributed by atoms with van der Waals surface area (Å²) in [6.45, 7) is 2.78. The molecule has 0 aliphatic carbocycles. The van der Waals surface area contributed by atoms with E-state index in [-0.39, 0.29) is 18.3 Å². The van der Waals surface area contributed by atoms with Crippen molar-refractivity contribution in [1.82, 2.24) is 0 Å². The van der Waals surface area contributed by atoms with Gasteiger partial charge in [0.25, 0.3) is 0 Å². The van der Waals surface area contributed by atoms with Gasteiger partial charge in [0.15, 0.2) is 0 Å². The fraction of sp³-hybridized carbons (Fsp3) is 0.364. The first-order valence-corrected chi connectivity index (χ1v) is 4.99. The molecule has 2 N–H and O–H groups in total. The fourth-order valence-electron chi connectivity index (χ4n) is 1.64. The number of ether oxygens (including phenoxy) is 1. The van der Waals surface area contributed by atoms with Crippen LogP contribution in [-0.4, -0.2) is 25.1 Å². The molecule has 1 heterocycles. The molecule has 1 amide bonds. The first-order chi connectivity index (χ1) is 7.20. The summed E-state index contributed by atoms with van der Waals surface area (Å²) in [5, 5.41) is 0. The minimum atomic E-state index is -0.476. The first kappa shape index (κ1) is 12.8. The zero-order valence-corrected chi connectivity index (χ0v) is 9.87. The van der Waals surface area contributed by atoms with Gasteiger partial charge in [-0.2, -0.15) is 0 Å². The number of rotatable bonds is 1. The molecule has 2 rings (SSSR count). The lowest BCUT2D eigenvalue weighted by Crippen LogP contribution is -2.45. The third-order valence-electron chi connectivity index (χ3n) is 2.38. The Labute approximate surface area is 101 Å². The van der Waals surface area contributed by atoms with E-state index in [1.54, 1.807) is 11.8 Å². The first-order valence-electron chi connectivity index (χ1n) is 4.99. The predicted octanol–water partition coefficient (Wildman–Crippen LogP) is 1.18. The van der Waals surface area contributed by atoms with Crippen molar-refractivity contribution in [3.63, 3.8) is 0 Å². The minimum absolute atomic E-state index is 0. The van der Waals surface area contributed by atoms with Crippen LogP contribution < -0.4 is 15.4 Å². The van der Waals surface area contributed by atoms with Gasteiger partial charge in [0.1, 0.15) is 12.4 Å². The van der Waals surface area contributed by atoms with E-state index in [2.05, 4.69) is 0 Å². The molecule has 0 fully saturated rings. The van der Waals surface area contributed by atoms with Crippen molar-refractivity contribution in [2.24, 2.45) is 5.73 Å². The summed E-state index contributed by atoms with van der Waals surface area (Å²) >= 11 is 0. The number of benzene rings is 1. The molecular weight excluding hydrogens is 228 g/mol. The van der Waals surface area contributed by atoms with Gasteiger partial charge in [-0.15, -0.1) is 12.4 Å². The number of fused-ring (bicyclic) bond motifs is 1. The lowest BCUT2D eigenvalue weighted by Gasteiger charge is -2.30. The molecule has 0 bridgehead atoms. The van der Waals surface area contributed by atoms with Crippen LogP contribution in [0.4, 0.5) is 5.69 Å². The van der Waals surface area contributed by atoms with Crippen LogP contribution in [0.2, 0.25) is 0 Å². The van der Waals surface area contributed by atoms with Crippen molar-refractivity contribution in [2.75, 3.05) is 18.1 Å². The van der Waals surface area contributed by atoms with Gasteiger partial charge in [-0.1, -0.05) is 12.1 Å². The SMILES string of the molecule is CC(N)C(=O)N1CCOc2ccccc21.Cl. The van der Waals surface area contributed by atoms with Gasteiger partial charge >= 0.3 is 0 Å². The molecule has 0 radical (unpaired) electrons. The summed E-state index contributed by atoms with van der Waals surface area (Å²) in [5.41, 5.74) is 6.40. The van der Waals surface area contributed by atoms with E-state index in [0.717, 1.165) is 11.4 Å². The number of carbonyl (C=O) groups is 1. The van der Waals surface area contributed by atoms with Crippen molar-refractivity contribution >= 4 is 24.0 Å². The van der Waals surface area contributed by atoms with Gasteiger partial charge in [-0.05, 0) is 19.1 Å². The Hall–Kier alpha value is -1.26. The van der Waals surface area contributed by atoms with E-state index in [9.17, 15) is 4.79 Å². The molecule has 0 spiro atoms. The van der Waals surface area contributed by atoms with Crippen molar-refractivity contribution in [3.8, 4) is 5.75 Å². The summed E-state index contributed by atoms with van der Waals surface area (Å²) in [4.78, 5) is 13.5. The molecule has 88 valence electrons. The summed E-state index contributed by atoms with van der Waals surface area (Å²) in [7, 11) is 0. The number of amides is 1. The van der Waals surface area contributed by atoms with E-state index in [0.29, 0.717) is 13.2 Å². The Morgan fingerprint density at radius 3 is 2.88 bits per heavy atom. The van der Waals surface area contributed by atoms with Crippen LogP contribution in [-0.2, 0) is 4.79 Å². The molecule has 1 aromatic rings. The molecule has 5 heteroatoms. The van der Waals surface area contributed by atoms with Crippen molar-refractivity contribution < 1.29 is 9.53 Å². The van der Waals surface area contributed by atoms with Crippen LogP contribution >= 0.6 is 12.4 Å². The van der Waals surface area contributed by atoms with E-state index in [4.69, 9.17) is 10.5 Å². The molecular formula is C11H15ClN2O2. The average Bonchev–Trinajstić information content (AvgIpc) is 2.27. The van der Waals surface area contributed by atoms with Crippen LogP contribution in [0.25, 0.3) is 0 Å². The van der Waals surface area contributed by atoms with E-state index < -0.39 is 6.04 Å². The molecule has 0 saturated carbocycles. The maximum absolute atomic E-state index is 11.8. The third kappa shape index (κ3) is 2.28. The number of carbonyl (C=O) groups excluding carboxylic acids is 1. The number of anilines is 1. The standard InChI is InChI=1S/C11H14N2O2.ClH/c1-8(12)11(14)13-6-7-15-10-5-3-2-4-9(10)13;/h2-5,8H,6-7,12H2,1H3;1H. The Bertz CT molecular complexity index is 382. The monoisotopic (exact) mass is 242 g/mol. The Balaban J connectivity index is 0.00000128. The van der Waals surface area contributed by atoms with Gasteiger partial charge in [-0.3, -0.25) is 4.79 Å². The number of nitrogens with zero attached hydrogens (tertiary/aromatic N) is 1. The summed E-state index contributed by atoms with van der Waals surface area (Å²) in [6.07, 6.45) is 0. The third-order valence-corrected chi connectivity index (χ3v) is 2.38. The van der Waals surface area contributed by atoms with Gasteiger partial charge in [0.2, 0.25) is 5.91 Å². The lowest BCUT2D eigenvalue weighted by molar-refractivity contribution is -0.119. The van der Waals surface area contributed by atoms with E-state index in [1.807, 2.05) is 24.3 Å². The van der Waals surface area contributed by atoms with Crippen LogP contribution in [0.1, 0.15) is 6.92 Å². The van der Waals surface area contributed by atoms with Gasteiger partial charge < -0.3 is 15.4 Å². The molecule has 1 atom stereocenters. The second kappa shape index (κ2) is 5.18. The minimum Gasteiger partial charge on any atom is -0.490 e. The topological polar surface area (TPSA) is 55.6 Å². The van der Waals surface area contributed by atoms with E-state index in [1.165, 1.54) is 0 Å². The number of nitrogens with two attached hydrogens (primary N) is 1. The summed E-state index contributed by atoms with van der Waals surface area (Å²) < 4.78 is 5.45. The van der Waals surface area contributed by atoms with Crippen molar-refractivity contribution in [1.29, 1.82) is 0 Å². The molecule has 4 nitrogen and oxygen atoms in total. The number of hydrogen-bond donors (Lipinski definition) is 1. The predicted molar refractivity (Wildman–Crippen MR) is 65.2 cm³/mol. The van der Waals surface area contributed by atoms with Crippen LogP contribution in [0, 0.1) is 0 Å². The second-order valence-electron chi connectivity index (χ2n) is 3.59. The average molecular weight is 243 g/mol. The van der Waals surface area contributed by atoms with E-state index >= 15 is 0 Å². The summed E-state index contributed by atoms with van der Waals surface area (Å²) in [5.74, 6) is 0.684.